The summed E-state index contributed by atoms with van der Waals surface area (Å²) in [6, 6.07) is 9.38. The van der Waals surface area contributed by atoms with Gasteiger partial charge in [-0.3, -0.25) is 0 Å². The number of hydrogen-bond donors (Lipinski definition) is 2. The average molecular weight is 260 g/mol. The van der Waals surface area contributed by atoms with E-state index in [0.29, 0.717) is 6.04 Å². The molecule has 0 bridgehead atoms. The molecule has 96 valence electrons. The zero-order valence-electron chi connectivity index (χ0n) is 10.8. The van der Waals surface area contributed by atoms with Gasteiger partial charge in [0.05, 0.1) is 0 Å². The van der Waals surface area contributed by atoms with Gasteiger partial charge in [0.25, 0.3) is 0 Å². The Morgan fingerprint density at radius 3 is 3.11 bits per heavy atom. The van der Waals surface area contributed by atoms with E-state index in [9.17, 15) is 0 Å². The minimum atomic E-state index is 0.705. The Hall–Kier alpha value is -0.930. The molecule has 1 aliphatic rings. The van der Waals surface area contributed by atoms with E-state index < -0.39 is 0 Å². The molecule has 1 aromatic heterocycles. The lowest BCUT2D eigenvalue weighted by Crippen LogP contribution is -2.26. The molecule has 0 spiro atoms. The van der Waals surface area contributed by atoms with Crippen molar-refractivity contribution in [2.24, 2.45) is 0 Å². The van der Waals surface area contributed by atoms with E-state index in [2.05, 4.69) is 40.8 Å². The maximum Gasteiger partial charge on any atom is 0.0457 e. The predicted octanol–water partition coefficient (Wildman–Crippen LogP) is 3.54. The Morgan fingerprint density at radius 1 is 1.33 bits per heavy atom. The molecule has 18 heavy (non-hydrogen) atoms. The van der Waals surface area contributed by atoms with Gasteiger partial charge < -0.3 is 10.3 Å². The van der Waals surface area contributed by atoms with Crippen LogP contribution in [-0.4, -0.2) is 22.5 Å². The van der Waals surface area contributed by atoms with Crippen LogP contribution in [0, 0.1) is 0 Å². The number of aromatic nitrogens is 1. The highest BCUT2D eigenvalue weighted by Crippen LogP contribution is 2.28. The molecule has 2 nitrogen and oxygen atoms in total. The molecule has 0 amide bonds. The number of rotatable bonds is 4. The Balaban J connectivity index is 1.65. The summed E-state index contributed by atoms with van der Waals surface area (Å²) in [4.78, 5) is 3.27. The molecule has 3 heteroatoms. The molecule has 1 heterocycles. The zero-order valence-corrected chi connectivity index (χ0v) is 11.6. The molecule has 2 unspecified atom stereocenters. The number of aromatic amines is 1. The third kappa shape index (κ3) is 2.43. The van der Waals surface area contributed by atoms with E-state index in [-0.39, 0.29) is 0 Å². The number of benzene rings is 1. The van der Waals surface area contributed by atoms with Crippen LogP contribution in [0.15, 0.2) is 30.5 Å². The SMILES string of the molecule is CSC1CCC(NCc2cccc3[nH]ccc23)C1. The van der Waals surface area contributed by atoms with Crippen molar-refractivity contribution < 1.29 is 0 Å². The van der Waals surface area contributed by atoms with Crippen molar-refractivity contribution in [3.05, 3.63) is 36.0 Å². The van der Waals surface area contributed by atoms with E-state index in [1.165, 1.54) is 35.7 Å². The third-order valence-corrected chi connectivity index (χ3v) is 5.08. The van der Waals surface area contributed by atoms with Crippen LogP contribution < -0.4 is 5.32 Å². The second-order valence-electron chi connectivity index (χ2n) is 5.10. The zero-order chi connectivity index (χ0) is 12.4. The molecule has 1 aromatic carbocycles. The second kappa shape index (κ2) is 5.37. The molecule has 0 aliphatic heterocycles. The molecule has 2 atom stereocenters. The number of thioether (sulfide) groups is 1. The summed E-state index contributed by atoms with van der Waals surface area (Å²) in [5.74, 6) is 0. The van der Waals surface area contributed by atoms with Gasteiger partial charge in [-0.2, -0.15) is 11.8 Å². The van der Waals surface area contributed by atoms with Crippen molar-refractivity contribution >= 4 is 22.7 Å². The van der Waals surface area contributed by atoms with Gasteiger partial charge in [-0.05, 0) is 43.2 Å². The second-order valence-corrected chi connectivity index (χ2v) is 6.24. The molecule has 3 rings (SSSR count). The molecule has 1 saturated carbocycles. The Kier molecular flexibility index (Phi) is 3.62. The van der Waals surface area contributed by atoms with Gasteiger partial charge in [-0.15, -0.1) is 0 Å². The van der Waals surface area contributed by atoms with Gasteiger partial charge in [0.15, 0.2) is 0 Å². The summed E-state index contributed by atoms with van der Waals surface area (Å²) in [6.45, 7) is 0.987. The Morgan fingerprint density at radius 2 is 2.28 bits per heavy atom. The van der Waals surface area contributed by atoms with Crippen molar-refractivity contribution in [3.63, 3.8) is 0 Å². The standard InChI is InChI=1S/C15H20N2S/c1-18-13-6-5-12(9-13)17-10-11-3-2-4-15-14(11)7-8-16-15/h2-4,7-8,12-13,16-17H,5-6,9-10H2,1H3. The van der Waals surface area contributed by atoms with Gasteiger partial charge in [0.2, 0.25) is 0 Å². The number of fused-ring (bicyclic) bond motifs is 1. The lowest BCUT2D eigenvalue weighted by Gasteiger charge is -2.13. The van der Waals surface area contributed by atoms with E-state index >= 15 is 0 Å². The van der Waals surface area contributed by atoms with Gasteiger partial charge in [-0.1, -0.05) is 12.1 Å². The summed E-state index contributed by atoms with van der Waals surface area (Å²) in [7, 11) is 0. The van der Waals surface area contributed by atoms with Gasteiger partial charge in [0.1, 0.15) is 0 Å². The maximum absolute atomic E-state index is 3.72. The fourth-order valence-electron chi connectivity index (χ4n) is 2.90. The molecule has 0 saturated heterocycles. The third-order valence-electron chi connectivity index (χ3n) is 3.98. The highest BCUT2D eigenvalue weighted by Gasteiger charge is 2.23. The largest absolute Gasteiger partial charge is 0.361 e. The molecule has 2 aromatic rings. The highest BCUT2D eigenvalue weighted by molar-refractivity contribution is 7.99. The first-order valence-electron chi connectivity index (χ1n) is 6.68. The van der Waals surface area contributed by atoms with Crippen LogP contribution in [-0.2, 0) is 6.54 Å². The first-order chi connectivity index (χ1) is 8.86. The van der Waals surface area contributed by atoms with Crippen molar-refractivity contribution in [1.29, 1.82) is 0 Å². The summed E-state index contributed by atoms with van der Waals surface area (Å²) in [5.41, 5.74) is 2.64. The van der Waals surface area contributed by atoms with E-state index in [1.807, 2.05) is 18.0 Å². The number of H-pyrrole nitrogens is 1. The van der Waals surface area contributed by atoms with Crippen LogP contribution in [0.5, 0.6) is 0 Å². The van der Waals surface area contributed by atoms with Crippen molar-refractivity contribution in [2.75, 3.05) is 6.26 Å². The van der Waals surface area contributed by atoms with Crippen LogP contribution in [0.25, 0.3) is 10.9 Å². The smallest absolute Gasteiger partial charge is 0.0457 e. The summed E-state index contributed by atoms with van der Waals surface area (Å²) >= 11 is 2.02. The van der Waals surface area contributed by atoms with Crippen molar-refractivity contribution in [1.82, 2.24) is 10.3 Å². The first kappa shape index (κ1) is 12.1. The fourth-order valence-corrected chi connectivity index (χ4v) is 3.70. The Bertz CT molecular complexity index is 520. The van der Waals surface area contributed by atoms with E-state index in [4.69, 9.17) is 0 Å². The maximum atomic E-state index is 3.72. The van der Waals surface area contributed by atoms with Crippen LogP contribution in [0.1, 0.15) is 24.8 Å². The van der Waals surface area contributed by atoms with Crippen LogP contribution in [0.4, 0.5) is 0 Å². The topological polar surface area (TPSA) is 27.8 Å². The quantitative estimate of drug-likeness (QED) is 0.880. The minimum Gasteiger partial charge on any atom is -0.361 e. The average Bonchev–Trinajstić information content (AvgIpc) is 3.05. The van der Waals surface area contributed by atoms with Gasteiger partial charge in [0, 0.05) is 34.9 Å². The van der Waals surface area contributed by atoms with Crippen LogP contribution >= 0.6 is 11.8 Å². The molecule has 2 N–H and O–H groups in total. The lowest BCUT2D eigenvalue weighted by molar-refractivity contribution is 0.526. The van der Waals surface area contributed by atoms with Crippen molar-refractivity contribution in [3.8, 4) is 0 Å². The molecular weight excluding hydrogens is 240 g/mol. The number of hydrogen-bond acceptors (Lipinski definition) is 2. The van der Waals surface area contributed by atoms with E-state index in [0.717, 1.165) is 11.8 Å². The van der Waals surface area contributed by atoms with E-state index in [1.54, 1.807) is 0 Å². The molecule has 1 fully saturated rings. The van der Waals surface area contributed by atoms with Crippen LogP contribution in [0.2, 0.25) is 0 Å². The normalized spacial score (nSPS) is 23.8. The van der Waals surface area contributed by atoms with Gasteiger partial charge >= 0.3 is 0 Å². The predicted molar refractivity (Wildman–Crippen MR) is 80.1 cm³/mol. The molecule has 0 radical (unpaired) electrons. The lowest BCUT2D eigenvalue weighted by atomic mass is 10.1. The van der Waals surface area contributed by atoms with Crippen LogP contribution in [0.3, 0.4) is 0 Å². The molecular formula is C15H20N2S. The summed E-state index contributed by atoms with van der Waals surface area (Å²) in [6.07, 6.45) is 8.27. The first-order valence-corrected chi connectivity index (χ1v) is 7.97. The van der Waals surface area contributed by atoms with Crippen molar-refractivity contribution in [2.45, 2.75) is 37.1 Å². The fraction of sp³-hybridized carbons (Fsp3) is 0.467. The minimum absolute atomic E-state index is 0.705. The number of nitrogens with one attached hydrogen (secondary N) is 2. The highest BCUT2D eigenvalue weighted by atomic mass is 32.2. The Labute approximate surface area is 113 Å². The summed E-state index contributed by atoms with van der Waals surface area (Å²) in [5, 5.41) is 5.93. The van der Waals surface area contributed by atoms with Gasteiger partial charge in [-0.25, -0.2) is 0 Å². The monoisotopic (exact) mass is 260 g/mol. The summed E-state index contributed by atoms with van der Waals surface area (Å²) < 4.78 is 0. The molecule has 1 aliphatic carbocycles.